The van der Waals surface area contributed by atoms with Crippen LogP contribution in [0.25, 0.3) is 0 Å². The molecule has 0 fully saturated rings. The van der Waals surface area contributed by atoms with E-state index in [0.29, 0.717) is 12.7 Å². The van der Waals surface area contributed by atoms with Crippen LogP contribution in [0.3, 0.4) is 0 Å². The Morgan fingerprint density at radius 2 is 1.00 bits per heavy atom. The SMILES string of the molecule is Cc1ccncc1.Cc1ccncc1.[Cl][Ni][Cl]. The Morgan fingerprint density at radius 3 is 1.12 bits per heavy atom. The number of hydrogen-bond acceptors (Lipinski definition) is 2. The fourth-order valence-corrected chi connectivity index (χ4v) is 0.853. The number of nitrogens with zero attached hydrogens (tertiary/aromatic N) is 2. The maximum absolute atomic E-state index is 4.70. The molecule has 17 heavy (non-hydrogen) atoms. The van der Waals surface area contributed by atoms with Gasteiger partial charge < -0.3 is 0 Å². The quantitative estimate of drug-likeness (QED) is 0.682. The van der Waals surface area contributed by atoms with Crippen LogP contribution in [0.1, 0.15) is 11.1 Å². The zero-order chi connectivity index (χ0) is 12.9. The minimum absolute atomic E-state index is 0.569. The van der Waals surface area contributed by atoms with Crippen LogP contribution in [0.15, 0.2) is 49.1 Å². The zero-order valence-electron chi connectivity index (χ0n) is 9.59. The molecule has 0 saturated carbocycles. The van der Waals surface area contributed by atoms with Crippen LogP contribution in [-0.4, -0.2) is 9.97 Å². The van der Waals surface area contributed by atoms with Gasteiger partial charge in [0.1, 0.15) is 0 Å². The standard InChI is InChI=1S/2C6H7N.2ClH.Ni/c2*1-6-2-4-7-5-3-6;;;/h2*2-5H,1H3;2*1H;/q;;;;+2/p-2. The average molecular weight is 316 g/mol. The predicted octanol–water partition coefficient (Wildman–Crippen LogP) is 4.16. The molecule has 0 spiro atoms. The van der Waals surface area contributed by atoms with E-state index < -0.39 is 0 Å². The molecule has 0 amide bonds. The first-order valence-corrected chi connectivity index (χ1v) is 7.48. The number of rotatable bonds is 0. The maximum atomic E-state index is 4.70. The molecule has 2 aromatic heterocycles. The third kappa shape index (κ3) is 11.6. The summed E-state index contributed by atoms with van der Waals surface area (Å²) < 4.78 is 0. The van der Waals surface area contributed by atoms with Crippen molar-refractivity contribution < 1.29 is 12.7 Å². The minimum atomic E-state index is 0.569. The molecule has 0 N–H and O–H groups in total. The predicted molar refractivity (Wildman–Crippen MR) is 69.7 cm³/mol. The third-order valence-electron chi connectivity index (χ3n) is 1.69. The second kappa shape index (κ2) is 11.8. The number of aryl methyl sites for hydroxylation is 2. The molecule has 2 rings (SSSR count). The first-order valence-electron chi connectivity index (χ1n) is 4.76. The molecular weight excluding hydrogens is 302 g/mol. The fraction of sp³-hybridized carbons (Fsp3) is 0.167. The first kappa shape index (κ1) is 16.4. The summed E-state index contributed by atoms with van der Waals surface area (Å²) in [5.74, 6) is 0. The van der Waals surface area contributed by atoms with Gasteiger partial charge in [-0.15, -0.1) is 0 Å². The van der Waals surface area contributed by atoms with Crippen molar-refractivity contribution in [2.45, 2.75) is 13.8 Å². The molecule has 0 aliphatic rings. The van der Waals surface area contributed by atoms with Crippen molar-refractivity contribution in [2.75, 3.05) is 0 Å². The molecule has 2 aromatic rings. The molecule has 0 aliphatic heterocycles. The van der Waals surface area contributed by atoms with Crippen molar-refractivity contribution in [1.82, 2.24) is 9.97 Å². The van der Waals surface area contributed by atoms with Crippen molar-refractivity contribution in [3.8, 4) is 0 Å². The van der Waals surface area contributed by atoms with E-state index in [0.717, 1.165) is 0 Å². The van der Waals surface area contributed by atoms with Crippen LogP contribution in [0.5, 0.6) is 0 Å². The van der Waals surface area contributed by atoms with Gasteiger partial charge in [0.05, 0.1) is 0 Å². The Balaban J connectivity index is 0.000000247. The molecule has 0 aromatic carbocycles. The van der Waals surface area contributed by atoms with Crippen molar-refractivity contribution >= 4 is 20.4 Å². The molecule has 5 heteroatoms. The normalized spacial score (nSPS) is 8.47. The number of pyridine rings is 2. The van der Waals surface area contributed by atoms with Gasteiger partial charge in [-0.25, -0.2) is 0 Å². The van der Waals surface area contributed by atoms with E-state index in [4.69, 9.17) is 20.4 Å². The van der Waals surface area contributed by atoms with E-state index in [1.165, 1.54) is 11.1 Å². The van der Waals surface area contributed by atoms with Crippen LogP contribution in [0, 0.1) is 13.8 Å². The van der Waals surface area contributed by atoms with Crippen LogP contribution in [-0.2, 0) is 12.7 Å². The average Bonchev–Trinajstić information content (AvgIpc) is 2.33. The van der Waals surface area contributed by atoms with E-state index in [1.54, 1.807) is 24.8 Å². The Labute approximate surface area is 117 Å². The van der Waals surface area contributed by atoms with E-state index in [1.807, 2.05) is 38.1 Å². The zero-order valence-corrected chi connectivity index (χ0v) is 12.1. The van der Waals surface area contributed by atoms with Gasteiger partial charge in [0, 0.05) is 24.8 Å². The van der Waals surface area contributed by atoms with Gasteiger partial charge in [0.15, 0.2) is 0 Å². The van der Waals surface area contributed by atoms with Crippen LogP contribution in [0.4, 0.5) is 0 Å². The molecule has 2 heterocycles. The summed E-state index contributed by atoms with van der Waals surface area (Å²) >= 11 is 0.569. The Bertz CT molecular complexity index is 333. The molecule has 0 bridgehead atoms. The van der Waals surface area contributed by atoms with Gasteiger partial charge in [-0.05, 0) is 49.2 Å². The number of halogens is 2. The van der Waals surface area contributed by atoms with Gasteiger partial charge in [-0.2, -0.15) is 0 Å². The summed E-state index contributed by atoms with van der Waals surface area (Å²) in [6.45, 7) is 4.09. The van der Waals surface area contributed by atoms with Gasteiger partial charge in [0.25, 0.3) is 0 Å². The summed E-state index contributed by atoms with van der Waals surface area (Å²) in [5.41, 5.74) is 2.52. The molecular formula is C12H14Cl2N2Ni. The topological polar surface area (TPSA) is 25.8 Å². The van der Waals surface area contributed by atoms with Crippen LogP contribution >= 0.6 is 20.4 Å². The summed E-state index contributed by atoms with van der Waals surface area (Å²) in [7, 11) is 9.40. The Morgan fingerprint density at radius 1 is 0.765 bits per heavy atom. The van der Waals surface area contributed by atoms with Crippen molar-refractivity contribution in [1.29, 1.82) is 0 Å². The summed E-state index contributed by atoms with van der Waals surface area (Å²) in [5, 5.41) is 0. The van der Waals surface area contributed by atoms with Gasteiger partial charge in [0.2, 0.25) is 0 Å². The van der Waals surface area contributed by atoms with E-state index in [2.05, 4.69) is 9.97 Å². The van der Waals surface area contributed by atoms with Gasteiger partial charge >= 0.3 is 33.0 Å². The number of aromatic nitrogens is 2. The number of hydrogen-bond donors (Lipinski definition) is 0. The summed E-state index contributed by atoms with van der Waals surface area (Å²) in [6.07, 6.45) is 7.15. The molecule has 0 atom stereocenters. The van der Waals surface area contributed by atoms with Gasteiger partial charge in [-0.3, -0.25) is 9.97 Å². The summed E-state index contributed by atoms with van der Waals surface area (Å²) in [4.78, 5) is 7.69. The Kier molecular flexibility index (Phi) is 11.4. The van der Waals surface area contributed by atoms with Crippen LogP contribution in [0.2, 0.25) is 0 Å². The van der Waals surface area contributed by atoms with Gasteiger partial charge in [-0.1, -0.05) is 0 Å². The molecule has 2 nitrogen and oxygen atoms in total. The fourth-order valence-electron chi connectivity index (χ4n) is 0.853. The molecule has 0 saturated heterocycles. The second-order valence-electron chi connectivity index (χ2n) is 3.09. The van der Waals surface area contributed by atoms with Crippen molar-refractivity contribution in [2.24, 2.45) is 0 Å². The monoisotopic (exact) mass is 314 g/mol. The first-order chi connectivity index (χ1) is 8.20. The molecule has 0 aliphatic carbocycles. The van der Waals surface area contributed by atoms with E-state index in [-0.39, 0.29) is 0 Å². The van der Waals surface area contributed by atoms with E-state index >= 15 is 0 Å². The molecule has 96 valence electrons. The second-order valence-corrected chi connectivity index (χ2v) is 4.73. The van der Waals surface area contributed by atoms with Crippen LogP contribution < -0.4 is 0 Å². The third-order valence-corrected chi connectivity index (χ3v) is 1.69. The Hall–Kier alpha value is -0.626. The molecule has 0 unspecified atom stereocenters. The van der Waals surface area contributed by atoms with E-state index in [9.17, 15) is 0 Å². The summed E-state index contributed by atoms with van der Waals surface area (Å²) in [6, 6.07) is 7.89. The molecule has 0 radical (unpaired) electrons. The van der Waals surface area contributed by atoms with Crippen molar-refractivity contribution in [3.05, 3.63) is 60.2 Å². The van der Waals surface area contributed by atoms with Crippen molar-refractivity contribution in [3.63, 3.8) is 0 Å².